The maximum Gasteiger partial charge on any atom is 0.338 e. The highest BCUT2D eigenvalue weighted by molar-refractivity contribution is 5.91. The quantitative estimate of drug-likeness (QED) is 0.357. The Morgan fingerprint density at radius 3 is 2.31 bits per heavy atom. The van der Waals surface area contributed by atoms with Crippen molar-refractivity contribution in [2.24, 2.45) is 0 Å². The van der Waals surface area contributed by atoms with Gasteiger partial charge in [-0.05, 0) is 54.8 Å². The second kappa shape index (κ2) is 10.4. The van der Waals surface area contributed by atoms with Gasteiger partial charge in [-0.15, -0.1) is 0 Å². The van der Waals surface area contributed by atoms with Gasteiger partial charge in [-0.2, -0.15) is 0 Å². The Balaban J connectivity index is 1.59. The molecule has 0 saturated heterocycles. The fourth-order valence-corrected chi connectivity index (χ4v) is 2.82. The predicted octanol–water partition coefficient (Wildman–Crippen LogP) is 5.51. The molecule has 3 aromatic carbocycles. The molecule has 4 heteroatoms. The predicted molar refractivity (Wildman–Crippen MR) is 114 cm³/mol. The first-order valence-corrected chi connectivity index (χ1v) is 9.78. The first-order chi connectivity index (χ1) is 14.1. The van der Waals surface area contributed by atoms with Gasteiger partial charge in [0.1, 0.15) is 19.0 Å². The van der Waals surface area contributed by atoms with Crippen LogP contribution in [0.4, 0.5) is 0 Å². The highest BCUT2D eigenvalue weighted by atomic mass is 16.5. The van der Waals surface area contributed by atoms with Crippen molar-refractivity contribution in [1.29, 1.82) is 0 Å². The van der Waals surface area contributed by atoms with Crippen LogP contribution in [0.25, 0.3) is 11.1 Å². The summed E-state index contributed by atoms with van der Waals surface area (Å²) >= 11 is 0. The first-order valence-electron chi connectivity index (χ1n) is 9.78. The number of esters is 1. The van der Waals surface area contributed by atoms with Gasteiger partial charge >= 0.3 is 5.97 Å². The minimum absolute atomic E-state index is 0.202. The van der Waals surface area contributed by atoms with E-state index in [2.05, 4.69) is 0 Å². The van der Waals surface area contributed by atoms with Gasteiger partial charge in [0.05, 0.1) is 18.3 Å². The van der Waals surface area contributed by atoms with Crippen molar-refractivity contribution in [2.75, 3.05) is 13.2 Å². The van der Waals surface area contributed by atoms with Crippen molar-refractivity contribution < 1.29 is 19.0 Å². The molecule has 0 spiro atoms. The molecule has 0 aliphatic carbocycles. The van der Waals surface area contributed by atoms with Crippen LogP contribution in [0.5, 0.6) is 5.75 Å². The van der Waals surface area contributed by atoms with E-state index in [0.717, 1.165) is 22.4 Å². The van der Waals surface area contributed by atoms with Crippen LogP contribution in [-0.4, -0.2) is 25.3 Å². The minimum atomic E-state index is -0.333. The second-order valence-electron chi connectivity index (χ2n) is 6.93. The maximum absolute atomic E-state index is 12.4. The fraction of sp³-hybridized carbons (Fsp3) is 0.240. The molecule has 0 saturated carbocycles. The molecule has 0 aliphatic rings. The number of ether oxygens (including phenoxy) is 3. The maximum atomic E-state index is 12.4. The van der Waals surface area contributed by atoms with E-state index >= 15 is 0 Å². The third kappa shape index (κ3) is 6.47. The lowest BCUT2D eigenvalue weighted by atomic mass is 10.0. The van der Waals surface area contributed by atoms with Gasteiger partial charge in [0, 0.05) is 0 Å². The third-order valence-corrected chi connectivity index (χ3v) is 4.30. The van der Waals surface area contributed by atoms with Gasteiger partial charge in [0.25, 0.3) is 0 Å². The molecular formula is C25H26O4. The lowest BCUT2D eigenvalue weighted by Crippen LogP contribution is -2.11. The number of rotatable bonds is 9. The fourth-order valence-electron chi connectivity index (χ4n) is 2.82. The lowest BCUT2D eigenvalue weighted by molar-refractivity contribution is 0.0472. The third-order valence-electron chi connectivity index (χ3n) is 4.30. The number of hydrogen-bond acceptors (Lipinski definition) is 4. The Bertz CT molecular complexity index is 902. The molecule has 0 aromatic heterocycles. The molecule has 150 valence electrons. The van der Waals surface area contributed by atoms with Gasteiger partial charge in [-0.25, -0.2) is 4.79 Å². The Labute approximate surface area is 172 Å². The van der Waals surface area contributed by atoms with E-state index in [4.69, 9.17) is 14.2 Å². The van der Waals surface area contributed by atoms with E-state index in [1.54, 1.807) is 6.07 Å². The molecule has 0 heterocycles. The van der Waals surface area contributed by atoms with Gasteiger partial charge in [-0.1, -0.05) is 54.6 Å². The summed E-state index contributed by atoms with van der Waals surface area (Å²) < 4.78 is 16.6. The first kappa shape index (κ1) is 20.6. The van der Waals surface area contributed by atoms with Gasteiger partial charge in [0.2, 0.25) is 0 Å². The number of benzene rings is 3. The molecule has 0 aliphatic heterocycles. The Morgan fingerprint density at radius 2 is 1.59 bits per heavy atom. The largest absolute Gasteiger partial charge is 0.491 e. The van der Waals surface area contributed by atoms with Crippen molar-refractivity contribution in [2.45, 2.75) is 26.6 Å². The zero-order valence-electron chi connectivity index (χ0n) is 16.8. The molecule has 4 nitrogen and oxygen atoms in total. The summed E-state index contributed by atoms with van der Waals surface area (Å²) in [5.74, 6) is 0.459. The van der Waals surface area contributed by atoms with Gasteiger partial charge < -0.3 is 14.2 Å². The van der Waals surface area contributed by atoms with Crippen LogP contribution in [0.2, 0.25) is 0 Å². The van der Waals surface area contributed by atoms with Crippen molar-refractivity contribution in [3.63, 3.8) is 0 Å². The van der Waals surface area contributed by atoms with Crippen molar-refractivity contribution in [3.05, 3.63) is 90.0 Å². The average Bonchev–Trinajstić information content (AvgIpc) is 2.76. The van der Waals surface area contributed by atoms with E-state index in [1.807, 2.05) is 86.6 Å². The van der Waals surface area contributed by atoms with E-state index in [-0.39, 0.29) is 18.7 Å². The molecule has 0 bridgehead atoms. The van der Waals surface area contributed by atoms with Gasteiger partial charge in [-0.3, -0.25) is 0 Å². The van der Waals surface area contributed by atoms with Crippen LogP contribution < -0.4 is 4.74 Å². The molecule has 0 amide bonds. The van der Waals surface area contributed by atoms with Crippen LogP contribution in [0.15, 0.2) is 78.9 Å². The summed E-state index contributed by atoms with van der Waals surface area (Å²) in [5.41, 5.74) is 3.46. The molecule has 0 unspecified atom stereocenters. The van der Waals surface area contributed by atoms with Crippen LogP contribution in [-0.2, 0) is 16.1 Å². The molecule has 3 rings (SSSR count). The number of carbonyl (C=O) groups excluding carboxylic acids is 1. The summed E-state index contributed by atoms with van der Waals surface area (Å²) in [4.78, 5) is 12.4. The molecule has 3 aromatic rings. The normalized spacial score (nSPS) is 10.7. The second-order valence-corrected chi connectivity index (χ2v) is 6.93. The molecule has 0 atom stereocenters. The highest BCUT2D eigenvalue weighted by Crippen LogP contribution is 2.24. The molecule has 0 radical (unpaired) electrons. The number of hydrogen-bond donors (Lipinski definition) is 0. The molecule has 0 N–H and O–H groups in total. The van der Waals surface area contributed by atoms with Crippen molar-refractivity contribution in [1.82, 2.24) is 0 Å². The van der Waals surface area contributed by atoms with Crippen LogP contribution >= 0.6 is 0 Å². The molecule has 0 fully saturated rings. The van der Waals surface area contributed by atoms with E-state index in [0.29, 0.717) is 18.8 Å². The Morgan fingerprint density at radius 1 is 0.828 bits per heavy atom. The van der Waals surface area contributed by atoms with Crippen LogP contribution in [0.3, 0.4) is 0 Å². The summed E-state index contributed by atoms with van der Waals surface area (Å²) in [5, 5.41) is 0. The van der Waals surface area contributed by atoms with E-state index in [9.17, 15) is 4.79 Å². The zero-order valence-corrected chi connectivity index (χ0v) is 16.8. The van der Waals surface area contributed by atoms with Gasteiger partial charge in [0.15, 0.2) is 0 Å². The lowest BCUT2D eigenvalue weighted by Gasteiger charge is -2.10. The summed E-state index contributed by atoms with van der Waals surface area (Å²) in [6.07, 6.45) is 0.202. The number of carbonyl (C=O) groups is 1. The van der Waals surface area contributed by atoms with Crippen molar-refractivity contribution >= 4 is 5.97 Å². The smallest absolute Gasteiger partial charge is 0.338 e. The Hall–Kier alpha value is -3.11. The van der Waals surface area contributed by atoms with Crippen LogP contribution in [0.1, 0.15) is 29.8 Å². The highest BCUT2D eigenvalue weighted by Gasteiger charge is 2.09. The standard InChI is InChI=1S/C25H26O4/c1-19(2)27-15-16-28-24-13-11-21(12-14-24)22-9-6-10-23(17-22)25(26)29-18-20-7-4-3-5-8-20/h3-14,17,19H,15-16,18H2,1-2H3. The van der Waals surface area contributed by atoms with E-state index < -0.39 is 0 Å². The summed E-state index contributed by atoms with van der Waals surface area (Å²) in [6.45, 7) is 5.34. The monoisotopic (exact) mass is 390 g/mol. The average molecular weight is 390 g/mol. The van der Waals surface area contributed by atoms with Crippen LogP contribution in [0, 0.1) is 0 Å². The zero-order chi connectivity index (χ0) is 20.5. The SMILES string of the molecule is CC(C)OCCOc1ccc(-c2cccc(C(=O)OCc3ccccc3)c2)cc1. The summed E-state index contributed by atoms with van der Waals surface area (Å²) in [7, 11) is 0. The summed E-state index contributed by atoms with van der Waals surface area (Å²) in [6, 6.07) is 24.9. The Kier molecular flexibility index (Phi) is 7.42. The van der Waals surface area contributed by atoms with Crippen molar-refractivity contribution in [3.8, 4) is 16.9 Å². The van der Waals surface area contributed by atoms with E-state index in [1.165, 1.54) is 0 Å². The minimum Gasteiger partial charge on any atom is -0.491 e. The molecular weight excluding hydrogens is 364 g/mol. The topological polar surface area (TPSA) is 44.8 Å². The molecule has 29 heavy (non-hydrogen) atoms.